The van der Waals surface area contributed by atoms with Crippen LogP contribution in [0.25, 0.3) is 0 Å². The Balaban J connectivity index is 1.17. The zero-order valence-electron chi connectivity index (χ0n) is 21.9. The molecule has 1 saturated carbocycles. The van der Waals surface area contributed by atoms with Crippen molar-refractivity contribution in [3.63, 3.8) is 0 Å². The summed E-state index contributed by atoms with van der Waals surface area (Å²) in [6, 6.07) is 15.4. The zero-order valence-corrected chi connectivity index (χ0v) is 21.9. The lowest BCUT2D eigenvalue weighted by atomic mass is 9.88. The van der Waals surface area contributed by atoms with Gasteiger partial charge in [-0.3, -0.25) is 19.6 Å². The Bertz CT molecular complexity index is 1260. The minimum atomic E-state index is 0.0976. The van der Waals surface area contributed by atoms with E-state index in [2.05, 4.69) is 30.4 Å². The van der Waals surface area contributed by atoms with Gasteiger partial charge in [-0.1, -0.05) is 25.0 Å². The van der Waals surface area contributed by atoms with Crippen LogP contribution in [-0.2, 0) is 35.3 Å². The van der Waals surface area contributed by atoms with Crippen molar-refractivity contribution < 1.29 is 9.59 Å². The minimum Gasteiger partial charge on any atom is -0.299 e. The van der Waals surface area contributed by atoms with Crippen molar-refractivity contribution in [1.29, 1.82) is 0 Å². The molecule has 2 unspecified atom stereocenters. The molecule has 2 atom stereocenters. The maximum atomic E-state index is 12.4. The molecule has 0 saturated heterocycles. The standard InChI is InChI=1S/C31H32N6O2/c38-28(15-22-5-3-13-32-20-22)18-26-9-11-30(36-34-26)24-7-1-2-8-25(17-24)31-12-10-27(35-37-31)19-29(39)16-23-6-4-14-33-21-23/h3-6,9-14,20-21,24-25H,1-2,7-8,15-19H2. The number of carbonyl (C=O) groups is 2. The lowest BCUT2D eigenvalue weighted by Gasteiger charge is -2.19. The monoisotopic (exact) mass is 520 g/mol. The largest absolute Gasteiger partial charge is 0.299 e. The Kier molecular flexibility index (Phi) is 8.83. The van der Waals surface area contributed by atoms with Crippen molar-refractivity contribution in [3.05, 3.63) is 107 Å². The van der Waals surface area contributed by atoms with E-state index in [1.54, 1.807) is 24.8 Å². The Morgan fingerprint density at radius 2 is 1.10 bits per heavy atom. The van der Waals surface area contributed by atoms with Crippen molar-refractivity contribution in [2.45, 2.75) is 69.6 Å². The maximum Gasteiger partial charge on any atom is 0.143 e. The minimum absolute atomic E-state index is 0.0976. The van der Waals surface area contributed by atoms with Crippen molar-refractivity contribution in [3.8, 4) is 0 Å². The summed E-state index contributed by atoms with van der Waals surface area (Å²) in [6.07, 6.45) is 13.4. The highest BCUT2D eigenvalue weighted by atomic mass is 16.1. The van der Waals surface area contributed by atoms with E-state index in [0.717, 1.165) is 54.6 Å². The Hall–Kier alpha value is -4.20. The van der Waals surface area contributed by atoms with Gasteiger partial charge < -0.3 is 0 Å². The predicted molar refractivity (Wildman–Crippen MR) is 146 cm³/mol. The van der Waals surface area contributed by atoms with E-state index in [1.807, 2.05) is 48.5 Å². The molecule has 4 heterocycles. The first-order chi connectivity index (χ1) is 19.1. The van der Waals surface area contributed by atoms with E-state index in [1.165, 1.54) is 0 Å². The highest BCUT2D eigenvalue weighted by Gasteiger charge is 2.25. The molecule has 5 rings (SSSR count). The molecule has 0 aliphatic heterocycles. The van der Waals surface area contributed by atoms with E-state index in [0.29, 0.717) is 24.2 Å². The number of Topliss-reactive ketones (excluding diaryl/α,β-unsaturated/α-hetero) is 2. The third-order valence-electron chi connectivity index (χ3n) is 7.25. The van der Waals surface area contributed by atoms with Gasteiger partial charge in [-0.05, 0) is 66.8 Å². The first kappa shape index (κ1) is 26.4. The first-order valence-electron chi connectivity index (χ1n) is 13.6. The zero-order chi connectivity index (χ0) is 26.9. The van der Waals surface area contributed by atoms with E-state index in [9.17, 15) is 9.59 Å². The molecule has 0 N–H and O–H groups in total. The summed E-state index contributed by atoms with van der Waals surface area (Å²) < 4.78 is 0. The molecule has 0 aromatic carbocycles. The van der Waals surface area contributed by atoms with Gasteiger partial charge in [-0.2, -0.15) is 20.4 Å². The van der Waals surface area contributed by atoms with Crippen molar-refractivity contribution in [1.82, 2.24) is 30.4 Å². The fourth-order valence-corrected chi connectivity index (χ4v) is 5.25. The van der Waals surface area contributed by atoms with E-state index in [4.69, 9.17) is 0 Å². The van der Waals surface area contributed by atoms with Crippen LogP contribution >= 0.6 is 0 Å². The van der Waals surface area contributed by atoms with Crippen LogP contribution < -0.4 is 0 Å². The number of pyridine rings is 2. The van der Waals surface area contributed by atoms with E-state index >= 15 is 0 Å². The molecule has 4 aromatic heterocycles. The maximum absolute atomic E-state index is 12.4. The molecule has 1 aliphatic rings. The second-order valence-electron chi connectivity index (χ2n) is 10.3. The van der Waals surface area contributed by atoms with Crippen LogP contribution in [-0.4, -0.2) is 41.9 Å². The molecule has 198 valence electrons. The Labute approximate surface area is 228 Å². The number of hydrogen-bond donors (Lipinski definition) is 0. The number of hydrogen-bond acceptors (Lipinski definition) is 8. The van der Waals surface area contributed by atoms with Gasteiger partial charge in [0.1, 0.15) is 11.6 Å². The summed E-state index contributed by atoms with van der Waals surface area (Å²) in [5.74, 6) is 0.765. The Morgan fingerprint density at radius 1 is 0.615 bits per heavy atom. The number of carbonyl (C=O) groups excluding carboxylic acids is 2. The number of ketones is 2. The molecular formula is C31H32N6O2. The summed E-state index contributed by atoms with van der Waals surface area (Å²) in [5.41, 5.74) is 5.13. The predicted octanol–water partition coefficient (Wildman–Crippen LogP) is 4.60. The fraction of sp³-hybridized carbons (Fsp3) is 0.355. The molecule has 8 heteroatoms. The van der Waals surface area contributed by atoms with Crippen molar-refractivity contribution in [2.75, 3.05) is 0 Å². The van der Waals surface area contributed by atoms with Crippen LogP contribution in [0.3, 0.4) is 0 Å². The smallest absolute Gasteiger partial charge is 0.143 e. The van der Waals surface area contributed by atoms with Crippen LogP contribution in [0.2, 0.25) is 0 Å². The van der Waals surface area contributed by atoms with Crippen LogP contribution in [0.1, 0.15) is 77.8 Å². The highest BCUT2D eigenvalue weighted by molar-refractivity contribution is 5.83. The molecule has 0 radical (unpaired) electrons. The number of rotatable bonds is 10. The lowest BCUT2D eigenvalue weighted by Crippen LogP contribution is -2.12. The lowest BCUT2D eigenvalue weighted by molar-refractivity contribution is -0.118. The van der Waals surface area contributed by atoms with Crippen LogP contribution in [0.4, 0.5) is 0 Å². The fourth-order valence-electron chi connectivity index (χ4n) is 5.25. The van der Waals surface area contributed by atoms with Crippen LogP contribution in [0.5, 0.6) is 0 Å². The molecule has 1 aliphatic carbocycles. The second-order valence-corrected chi connectivity index (χ2v) is 10.3. The summed E-state index contributed by atoms with van der Waals surface area (Å²) in [6.45, 7) is 0. The number of aromatic nitrogens is 6. The molecule has 0 bridgehead atoms. The van der Waals surface area contributed by atoms with Gasteiger partial charge in [0.25, 0.3) is 0 Å². The normalized spacial score (nSPS) is 17.3. The number of nitrogens with zero attached hydrogens (tertiary/aromatic N) is 6. The van der Waals surface area contributed by atoms with Gasteiger partial charge in [0.15, 0.2) is 0 Å². The molecule has 0 spiro atoms. The topological polar surface area (TPSA) is 111 Å². The molecule has 0 amide bonds. The first-order valence-corrected chi connectivity index (χ1v) is 13.6. The SMILES string of the molecule is O=C(Cc1cccnc1)Cc1ccc(C2CCCCC(c3ccc(CC(=O)Cc4cccnc4)nn3)C2)nn1. The third-order valence-corrected chi connectivity index (χ3v) is 7.25. The summed E-state index contributed by atoms with van der Waals surface area (Å²) in [4.78, 5) is 33.0. The van der Waals surface area contributed by atoms with E-state index in [-0.39, 0.29) is 36.2 Å². The van der Waals surface area contributed by atoms with Crippen molar-refractivity contribution in [2.24, 2.45) is 0 Å². The van der Waals surface area contributed by atoms with Gasteiger partial charge >= 0.3 is 0 Å². The van der Waals surface area contributed by atoms with E-state index < -0.39 is 0 Å². The van der Waals surface area contributed by atoms with Crippen molar-refractivity contribution >= 4 is 11.6 Å². The van der Waals surface area contributed by atoms with Crippen LogP contribution in [0, 0.1) is 0 Å². The molecule has 39 heavy (non-hydrogen) atoms. The molecule has 4 aromatic rings. The molecule has 8 nitrogen and oxygen atoms in total. The molecular weight excluding hydrogens is 488 g/mol. The van der Waals surface area contributed by atoms with Gasteiger partial charge in [-0.25, -0.2) is 0 Å². The van der Waals surface area contributed by atoms with Gasteiger partial charge in [-0.15, -0.1) is 0 Å². The highest BCUT2D eigenvalue weighted by Crippen LogP contribution is 2.38. The average molecular weight is 521 g/mol. The van der Waals surface area contributed by atoms with Gasteiger partial charge in [0, 0.05) is 49.5 Å². The van der Waals surface area contributed by atoms with Gasteiger partial charge in [0.05, 0.1) is 35.6 Å². The Morgan fingerprint density at radius 3 is 1.49 bits per heavy atom. The quantitative estimate of drug-likeness (QED) is 0.279. The second kappa shape index (κ2) is 13.0. The summed E-state index contributed by atoms with van der Waals surface area (Å²) >= 11 is 0. The summed E-state index contributed by atoms with van der Waals surface area (Å²) in [7, 11) is 0. The van der Waals surface area contributed by atoms with Crippen LogP contribution in [0.15, 0.2) is 73.3 Å². The molecule has 1 fully saturated rings. The average Bonchev–Trinajstić information content (AvgIpc) is 3.21. The summed E-state index contributed by atoms with van der Waals surface area (Å²) in [5, 5.41) is 17.8. The van der Waals surface area contributed by atoms with Gasteiger partial charge in [0.2, 0.25) is 0 Å². The third kappa shape index (κ3) is 7.66.